The van der Waals surface area contributed by atoms with E-state index >= 15 is 0 Å². The van der Waals surface area contributed by atoms with Gasteiger partial charge in [0.05, 0.1) is 7.11 Å². The second-order valence-electron chi connectivity index (χ2n) is 3.77. The Bertz CT molecular complexity index is 610. The summed E-state index contributed by atoms with van der Waals surface area (Å²) in [5.41, 5.74) is 0.514. The highest BCUT2D eigenvalue weighted by Gasteiger charge is 2.11. The van der Waals surface area contributed by atoms with Gasteiger partial charge in [-0.25, -0.2) is 4.79 Å². The third kappa shape index (κ3) is 3.23. The molecule has 1 heterocycles. The molecule has 106 valence electrons. The van der Waals surface area contributed by atoms with Gasteiger partial charge in [0.2, 0.25) is 11.8 Å². The first-order chi connectivity index (χ1) is 9.60. The van der Waals surface area contributed by atoms with E-state index < -0.39 is 12.6 Å². The first-order valence-electron chi connectivity index (χ1n) is 5.59. The number of ether oxygens (including phenoxy) is 2. The van der Waals surface area contributed by atoms with Crippen molar-refractivity contribution in [3.05, 3.63) is 24.1 Å². The Morgan fingerprint density at radius 2 is 2.20 bits per heavy atom. The second-order valence-corrected chi connectivity index (χ2v) is 3.77. The number of phenolic OH excluding ortho intramolecular Hbond substituents is 1. The normalized spacial score (nSPS) is 10.4. The predicted octanol–water partition coefficient (Wildman–Crippen LogP) is 1.05. The summed E-state index contributed by atoms with van der Waals surface area (Å²) in [6, 6.07) is 4.64. The van der Waals surface area contributed by atoms with Crippen LogP contribution < -0.4 is 4.74 Å². The smallest absolute Gasteiger partial charge is 0.329 e. The topological polar surface area (TPSA) is 115 Å². The highest BCUT2D eigenvalue weighted by molar-refractivity contribution is 5.68. The number of methoxy groups -OCH3 is 1. The van der Waals surface area contributed by atoms with Crippen molar-refractivity contribution in [1.82, 2.24) is 10.2 Å². The molecule has 0 bridgehead atoms. The molecule has 0 aliphatic rings. The maximum Gasteiger partial charge on any atom is 0.329 e. The lowest BCUT2D eigenvalue weighted by Crippen LogP contribution is -2.06. The Hall–Kier alpha value is -2.61. The maximum absolute atomic E-state index is 10.3. The van der Waals surface area contributed by atoms with E-state index in [-0.39, 0.29) is 24.1 Å². The molecule has 0 aliphatic carbocycles. The molecule has 0 unspecified atom stereocenters. The zero-order valence-corrected chi connectivity index (χ0v) is 10.6. The number of benzene rings is 1. The van der Waals surface area contributed by atoms with E-state index in [2.05, 4.69) is 10.2 Å². The van der Waals surface area contributed by atoms with Gasteiger partial charge in [-0.15, -0.1) is 10.2 Å². The molecule has 0 amide bonds. The van der Waals surface area contributed by atoms with Crippen molar-refractivity contribution in [2.24, 2.45) is 0 Å². The van der Waals surface area contributed by atoms with Crippen molar-refractivity contribution < 1.29 is 28.9 Å². The number of hydrogen-bond donors (Lipinski definition) is 2. The average molecular weight is 280 g/mol. The monoisotopic (exact) mass is 280 g/mol. The van der Waals surface area contributed by atoms with Gasteiger partial charge in [-0.1, -0.05) is 0 Å². The zero-order valence-electron chi connectivity index (χ0n) is 10.6. The largest absolute Gasteiger partial charge is 0.504 e. The van der Waals surface area contributed by atoms with Gasteiger partial charge >= 0.3 is 5.97 Å². The summed E-state index contributed by atoms with van der Waals surface area (Å²) < 4.78 is 15.0. The van der Waals surface area contributed by atoms with Gasteiger partial charge in [-0.2, -0.15) is 0 Å². The number of carbonyl (C=O) groups is 1. The summed E-state index contributed by atoms with van der Waals surface area (Å²) >= 11 is 0. The average Bonchev–Trinajstić information content (AvgIpc) is 2.87. The Kier molecular flexibility index (Phi) is 4.16. The number of rotatable bonds is 6. The van der Waals surface area contributed by atoms with Crippen LogP contribution in [-0.2, 0) is 16.1 Å². The van der Waals surface area contributed by atoms with Crippen LogP contribution in [0.3, 0.4) is 0 Å². The quantitative estimate of drug-likeness (QED) is 0.806. The van der Waals surface area contributed by atoms with E-state index in [1.807, 2.05) is 0 Å². The zero-order chi connectivity index (χ0) is 14.5. The number of carboxylic acids is 1. The SMILES string of the molecule is COc1ccc(-c2nnc(COCC(=O)O)o2)cc1O. The van der Waals surface area contributed by atoms with Gasteiger partial charge in [0.1, 0.15) is 13.2 Å². The van der Waals surface area contributed by atoms with Crippen LogP contribution in [0, 0.1) is 0 Å². The fourth-order valence-corrected chi connectivity index (χ4v) is 1.48. The first kappa shape index (κ1) is 13.8. The third-order valence-corrected chi connectivity index (χ3v) is 2.34. The molecule has 8 nitrogen and oxygen atoms in total. The molecule has 1 aromatic carbocycles. The van der Waals surface area contributed by atoms with Gasteiger partial charge in [-0.3, -0.25) is 0 Å². The van der Waals surface area contributed by atoms with Crippen molar-refractivity contribution in [3.8, 4) is 23.0 Å². The number of aromatic nitrogens is 2. The van der Waals surface area contributed by atoms with E-state index in [4.69, 9.17) is 19.0 Å². The van der Waals surface area contributed by atoms with Gasteiger partial charge in [-0.05, 0) is 18.2 Å². The van der Waals surface area contributed by atoms with E-state index in [9.17, 15) is 9.90 Å². The lowest BCUT2D eigenvalue weighted by molar-refractivity contribution is -0.142. The number of hydrogen-bond acceptors (Lipinski definition) is 7. The molecule has 2 aromatic rings. The fraction of sp³-hybridized carbons (Fsp3) is 0.250. The Morgan fingerprint density at radius 1 is 1.40 bits per heavy atom. The van der Waals surface area contributed by atoms with Crippen molar-refractivity contribution in [2.45, 2.75) is 6.61 Å². The predicted molar refractivity (Wildman–Crippen MR) is 65.2 cm³/mol. The van der Waals surface area contributed by atoms with Crippen LogP contribution >= 0.6 is 0 Å². The van der Waals surface area contributed by atoms with E-state index in [0.29, 0.717) is 11.3 Å². The minimum absolute atomic E-state index is 0.0492. The van der Waals surface area contributed by atoms with Gasteiger partial charge < -0.3 is 24.1 Å². The second kappa shape index (κ2) is 6.02. The molecule has 0 saturated heterocycles. The molecule has 0 fully saturated rings. The maximum atomic E-state index is 10.3. The van der Waals surface area contributed by atoms with Crippen LogP contribution in [0.25, 0.3) is 11.5 Å². The summed E-state index contributed by atoms with van der Waals surface area (Å²) in [5.74, 6) is -0.455. The molecule has 1 aromatic heterocycles. The Morgan fingerprint density at radius 3 is 2.85 bits per heavy atom. The molecule has 0 radical (unpaired) electrons. The standard InChI is InChI=1S/C12H12N2O6/c1-18-9-3-2-7(4-8(9)15)12-14-13-10(20-12)5-19-6-11(16)17/h2-4,15H,5-6H2,1H3,(H,16,17). The molecule has 0 spiro atoms. The molecule has 2 N–H and O–H groups in total. The number of phenols is 1. The molecule has 8 heteroatoms. The number of aliphatic carboxylic acids is 1. The minimum atomic E-state index is -1.08. The van der Waals surface area contributed by atoms with Crippen molar-refractivity contribution in [3.63, 3.8) is 0 Å². The highest BCUT2D eigenvalue weighted by Crippen LogP contribution is 2.30. The van der Waals surface area contributed by atoms with Crippen molar-refractivity contribution in [2.75, 3.05) is 13.7 Å². The van der Waals surface area contributed by atoms with Crippen LogP contribution in [0.2, 0.25) is 0 Å². The van der Waals surface area contributed by atoms with Crippen molar-refractivity contribution >= 4 is 5.97 Å². The molecule has 20 heavy (non-hydrogen) atoms. The third-order valence-electron chi connectivity index (χ3n) is 2.34. The summed E-state index contributed by atoms with van der Waals surface area (Å²) in [5, 5.41) is 25.6. The van der Waals surface area contributed by atoms with E-state index in [1.165, 1.54) is 13.2 Å². The lowest BCUT2D eigenvalue weighted by Gasteiger charge is -2.03. The van der Waals surface area contributed by atoms with Crippen LogP contribution in [0.4, 0.5) is 0 Å². The summed E-state index contributed by atoms with van der Waals surface area (Å²) in [4.78, 5) is 10.3. The van der Waals surface area contributed by atoms with Crippen molar-refractivity contribution in [1.29, 1.82) is 0 Å². The van der Waals surface area contributed by atoms with Crippen LogP contribution in [0.1, 0.15) is 5.89 Å². The van der Waals surface area contributed by atoms with Gasteiger partial charge in [0.15, 0.2) is 11.5 Å². The first-order valence-corrected chi connectivity index (χ1v) is 5.59. The van der Waals surface area contributed by atoms with E-state index in [0.717, 1.165) is 0 Å². The molecular formula is C12H12N2O6. The lowest BCUT2D eigenvalue weighted by atomic mass is 10.2. The molecule has 2 rings (SSSR count). The Labute approximate surface area is 113 Å². The number of aromatic hydroxyl groups is 1. The summed E-state index contributed by atoms with van der Waals surface area (Å²) in [7, 11) is 1.44. The Balaban J connectivity index is 2.08. The van der Waals surface area contributed by atoms with Crippen LogP contribution in [0.15, 0.2) is 22.6 Å². The van der Waals surface area contributed by atoms with Crippen LogP contribution in [0.5, 0.6) is 11.5 Å². The molecule has 0 saturated carbocycles. The highest BCUT2D eigenvalue weighted by atomic mass is 16.5. The number of carboxylic acid groups (broad SMARTS) is 1. The molecular weight excluding hydrogens is 268 g/mol. The van der Waals surface area contributed by atoms with Gasteiger partial charge in [0, 0.05) is 5.56 Å². The van der Waals surface area contributed by atoms with E-state index in [1.54, 1.807) is 12.1 Å². The number of nitrogens with zero attached hydrogens (tertiary/aromatic N) is 2. The van der Waals surface area contributed by atoms with Crippen LogP contribution in [-0.4, -0.2) is 40.1 Å². The minimum Gasteiger partial charge on any atom is -0.504 e. The van der Waals surface area contributed by atoms with Gasteiger partial charge in [0.25, 0.3) is 0 Å². The summed E-state index contributed by atoms with van der Waals surface area (Å²) in [6.45, 7) is -0.539. The molecule has 0 aliphatic heterocycles. The summed E-state index contributed by atoms with van der Waals surface area (Å²) in [6.07, 6.45) is 0. The molecule has 0 atom stereocenters. The fourth-order valence-electron chi connectivity index (χ4n) is 1.48.